The van der Waals surface area contributed by atoms with Crippen LogP contribution < -0.4 is 4.74 Å². The molecule has 1 N–H and O–H groups in total. The molecular weight excluding hydrogens is 254 g/mol. The van der Waals surface area contributed by atoms with Crippen molar-refractivity contribution in [3.05, 3.63) is 47.3 Å². The van der Waals surface area contributed by atoms with E-state index in [1.54, 1.807) is 7.11 Å². The fraction of sp³-hybridized carbons (Fsp3) is 0.333. The molecule has 0 unspecified atom stereocenters. The number of aromatic amines is 1. The Bertz CT molecular complexity index is 604. The highest BCUT2D eigenvalue weighted by molar-refractivity contribution is 5.79. The van der Waals surface area contributed by atoms with Crippen molar-refractivity contribution in [1.29, 1.82) is 0 Å². The standard InChI is InChI=1S/C15H17N3O2/c1-20-13-4-2-11(3-5-13)8-15(19)18-7-6-14-12(10-18)9-16-17-14/h2-5,9H,6-8,10H2,1H3,(H,16,17). The predicted molar refractivity (Wildman–Crippen MR) is 74.4 cm³/mol. The predicted octanol–water partition coefficient (Wildman–Crippen LogP) is 1.55. The van der Waals surface area contributed by atoms with Gasteiger partial charge in [0.1, 0.15) is 5.75 Å². The molecule has 5 nitrogen and oxygen atoms in total. The van der Waals surface area contributed by atoms with E-state index >= 15 is 0 Å². The van der Waals surface area contributed by atoms with E-state index in [0.717, 1.165) is 35.5 Å². The van der Waals surface area contributed by atoms with E-state index < -0.39 is 0 Å². The number of benzene rings is 1. The van der Waals surface area contributed by atoms with Crippen LogP contribution in [0.15, 0.2) is 30.5 Å². The average molecular weight is 271 g/mol. The Morgan fingerprint density at radius 3 is 2.95 bits per heavy atom. The van der Waals surface area contributed by atoms with Gasteiger partial charge in [-0.1, -0.05) is 12.1 Å². The van der Waals surface area contributed by atoms with E-state index in [0.29, 0.717) is 13.0 Å². The van der Waals surface area contributed by atoms with Crippen molar-refractivity contribution in [3.8, 4) is 5.75 Å². The van der Waals surface area contributed by atoms with Crippen molar-refractivity contribution in [1.82, 2.24) is 15.1 Å². The molecule has 0 saturated heterocycles. The summed E-state index contributed by atoms with van der Waals surface area (Å²) in [5.74, 6) is 0.962. The van der Waals surface area contributed by atoms with Crippen molar-refractivity contribution in [3.63, 3.8) is 0 Å². The number of aromatic nitrogens is 2. The summed E-state index contributed by atoms with van der Waals surface area (Å²) in [5.41, 5.74) is 3.28. The number of rotatable bonds is 3. The Kier molecular flexibility index (Phi) is 3.41. The molecular formula is C15H17N3O2. The molecule has 0 atom stereocenters. The molecule has 0 radical (unpaired) electrons. The molecule has 104 valence electrons. The van der Waals surface area contributed by atoms with Crippen molar-refractivity contribution in [2.24, 2.45) is 0 Å². The minimum atomic E-state index is 0.155. The van der Waals surface area contributed by atoms with E-state index in [1.165, 1.54) is 0 Å². The molecule has 5 heteroatoms. The SMILES string of the molecule is COc1ccc(CC(=O)N2CCc3[nH]ncc3C2)cc1. The van der Waals surface area contributed by atoms with Crippen LogP contribution in [0.5, 0.6) is 5.75 Å². The second-order valence-electron chi connectivity index (χ2n) is 4.96. The molecule has 0 spiro atoms. The van der Waals surface area contributed by atoms with Crippen LogP contribution >= 0.6 is 0 Å². The van der Waals surface area contributed by atoms with Crippen molar-refractivity contribution >= 4 is 5.91 Å². The Labute approximate surface area is 117 Å². The molecule has 3 rings (SSSR count). The maximum Gasteiger partial charge on any atom is 0.227 e. The summed E-state index contributed by atoms with van der Waals surface area (Å²) >= 11 is 0. The number of nitrogens with zero attached hydrogens (tertiary/aromatic N) is 2. The molecule has 0 saturated carbocycles. The van der Waals surface area contributed by atoms with Crippen LogP contribution in [0.2, 0.25) is 0 Å². The molecule has 1 aromatic heterocycles. The summed E-state index contributed by atoms with van der Waals surface area (Å²) in [5, 5.41) is 7.00. The monoisotopic (exact) mass is 271 g/mol. The lowest BCUT2D eigenvalue weighted by Gasteiger charge is -2.26. The maximum atomic E-state index is 12.3. The number of hydrogen-bond acceptors (Lipinski definition) is 3. The van der Waals surface area contributed by atoms with Crippen molar-refractivity contribution in [2.45, 2.75) is 19.4 Å². The third-order valence-corrected chi connectivity index (χ3v) is 3.67. The van der Waals surface area contributed by atoms with Gasteiger partial charge in [-0.15, -0.1) is 0 Å². The first kappa shape index (κ1) is 12.7. The fourth-order valence-corrected chi connectivity index (χ4v) is 2.46. The summed E-state index contributed by atoms with van der Waals surface area (Å²) < 4.78 is 5.11. The van der Waals surface area contributed by atoms with E-state index in [4.69, 9.17) is 4.74 Å². The summed E-state index contributed by atoms with van der Waals surface area (Å²) in [7, 11) is 1.64. The van der Waals surface area contributed by atoms with Gasteiger partial charge in [0.05, 0.1) is 19.7 Å². The first-order valence-electron chi connectivity index (χ1n) is 6.68. The number of amides is 1. The number of methoxy groups -OCH3 is 1. The second kappa shape index (κ2) is 5.36. The van der Waals surface area contributed by atoms with Gasteiger partial charge in [-0.25, -0.2) is 0 Å². The lowest BCUT2D eigenvalue weighted by molar-refractivity contribution is -0.131. The Hall–Kier alpha value is -2.30. The summed E-state index contributed by atoms with van der Waals surface area (Å²) in [6, 6.07) is 7.63. The largest absolute Gasteiger partial charge is 0.497 e. The highest BCUT2D eigenvalue weighted by Crippen LogP contribution is 2.18. The molecule has 1 amide bonds. The first-order valence-corrected chi connectivity index (χ1v) is 6.68. The highest BCUT2D eigenvalue weighted by Gasteiger charge is 2.21. The molecule has 0 bridgehead atoms. The van der Waals surface area contributed by atoms with Gasteiger partial charge in [0.2, 0.25) is 5.91 Å². The zero-order valence-electron chi connectivity index (χ0n) is 11.4. The summed E-state index contributed by atoms with van der Waals surface area (Å²) in [6.07, 6.45) is 3.09. The fourth-order valence-electron chi connectivity index (χ4n) is 2.46. The first-order chi connectivity index (χ1) is 9.76. The number of nitrogens with one attached hydrogen (secondary N) is 1. The zero-order valence-corrected chi connectivity index (χ0v) is 11.4. The van der Waals surface area contributed by atoms with Crippen molar-refractivity contribution in [2.75, 3.05) is 13.7 Å². The topological polar surface area (TPSA) is 58.2 Å². The number of fused-ring (bicyclic) bond motifs is 1. The smallest absolute Gasteiger partial charge is 0.227 e. The number of carbonyl (C=O) groups excluding carboxylic acids is 1. The van der Waals surface area contributed by atoms with E-state index in [9.17, 15) is 4.79 Å². The Balaban J connectivity index is 1.65. The quantitative estimate of drug-likeness (QED) is 0.921. The number of carbonyl (C=O) groups is 1. The number of H-pyrrole nitrogens is 1. The third kappa shape index (κ3) is 2.52. The molecule has 1 aliphatic rings. The molecule has 20 heavy (non-hydrogen) atoms. The van der Waals surface area contributed by atoms with Crippen LogP contribution in [0.1, 0.15) is 16.8 Å². The van der Waals surface area contributed by atoms with E-state index in [1.807, 2.05) is 35.4 Å². The van der Waals surface area contributed by atoms with Crippen LogP contribution in [0, 0.1) is 0 Å². The second-order valence-corrected chi connectivity index (χ2v) is 4.96. The summed E-state index contributed by atoms with van der Waals surface area (Å²) in [4.78, 5) is 14.2. The minimum absolute atomic E-state index is 0.155. The lowest BCUT2D eigenvalue weighted by Crippen LogP contribution is -2.36. The number of ether oxygens (including phenoxy) is 1. The Morgan fingerprint density at radius 2 is 2.20 bits per heavy atom. The zero-order chi connectivity index (χ0) is 13.9. The maximum absolute atomic E-state index is 12.3. The van der Waals surface area contributed by atoms with Crippen LogP contribution in [0.3, 0.4) is 0 Å². The molecule has 1 aromatic carbocycles. The van der Waals surface area contributed by atoms with Gasteiger partial charge in [-0.05, 0) is 17.7 Å². The molecule has 0 fully saturated rings. The number of hydrogen-bond donors (Lipinski definition) is 1. The lowest BCUT2D eigenvalue weighted by atomic mass is 10.1. The minimum Gasteiger partial charge on any atom is -0.497 e. The summed E-state index contributed by atoms with van der Waals surface area (Å²) in [6.45, 7) is 1.41. The molecule has 1 aliphatic heterocycles. The van der Waals surface area contributed by atoms with Gasteiger partial charge in [-0.2, -0.15) is 5.10 Å². The van der Waals surface area contributed by atoms with Crippen LogP contribution in [-0.4, -0.2) is 34.7 Å². The Morgan fingerprint density at radius 1 is 1.40 bits per heavy atom. The van der Waals surface area contributed by atoms with Crippen LogP contribution in [-0.2, 0) is 24.2 Å². The molecule has 2 aromatic rings. The van der Waals surface area contributed by atoms with Crippen LogP contribution in [0.4, 0.5) is 0 Å². The van der Waals surface area contributed by atoms with Gasteiger partial charge < -0.3 is 9.64 Å². The van der Waals surface area contributed by atoms with Crippen LogP contribution in [0.25, 0.3) is 0 Å². The highest BCUT2D eigenvalue weighted by atomic mass is 16.5. The molecule has 2 heterocycles. The van der Waals surface area contributed by atoms with E-state index in [2.05, 4.69) is 10.2 Å². The van der Waals surface area contributed by atoms with E-state index in [-0.39, 0.29) is 5.91 Å². The molecule has 0 aliphatic carbocycles. The van der Waals surface area contributed by atoms with Gasteiger partial charge in [-0.3, -0.25) is 9.89 Å². The normalized spacial score (nSPS) is 13.9. The van der Waals surface area contributed by atoms with Gasteiger partial charge in [0.15, 0.2) is 0 Å². The third-order valence-electron chi connectivity index (χ3n) is 3.67. The average Bonchev–Trinajstić information content (AvgIpc) is 2.95. The van der Waals surface area contributed by atoms with Gasteiger partial charge in [0.25, 0.3) is 0 Å². The van der Waals surface area contributed by atoms with Gasteiger partial charge in [0, 0.05) is 30.8 Å². The van der Waals surface area contributed by atoms with Crippen molar-refractivity contribution < 1.29 is 9.53 Å². The van der Waals surface area contributed by atoms with Gasteiger partial charge >= 0.3 is 0 Å².